The van der Waals surface area contributed by atoms with E-state index in [1.807, 2.05) is 30.3 Å². The molecule has 9 aliphatic rings. The maximum atomic E-state index is 14.4. The Bertz CT molecular complexity index is 1820. The Morgan fingerprint density at radius 3 is 2.13 bits per heavy atom. The molecular weight excluding hydrogens is 681 g/mol. The van der Waals surface area contributed by atoms with Gasteiger partial charge in [-0.2, -0.15) is 0 Å². The smallest absolute Gasteiger partial charge is 0.265 e. The lowest BCUT2D eigenvalue weighted by Gasteiger charge is -2.59. The van der Waals surface area contributed by atoms with Crippen LogP contribution >= 0.6 is 43.2 Å². The Hall–Kier alpha value is -2.76. The molecule has 3 N–H and O–H groups in total. The minimum atomic E-state index is -1.41. The molecule has 0 saturated carbocycles. The highest BCUT2D eigenvalue weighted by Gasteiger charge is 2.79. The molecule has 1 spiro atoms. The highest BCUT2D eigenvalue weighted by atomic mass is 33.1. The maximum absolute atomic E-state index is 14.4. The standard InChI is InChI=1S/C31H32N6O6S4/c1-33-25(42)30(15-38)34(2)23(40)28(33,44-46-30)12-17-13-36(21-11-7-4-8-18(17)21)27-14-29-24(41)35(3)31(16-39,47-45-29)26(43)37(29)22(27)32-20-10-6-5-9-19(20)27/h4-11,17,22,32,38-39H,12-16H2,1-3H3/t17?,22-,27+,28+,29+,30+,31+/m1/s1. The molecule has 0 radical (unpaired) electrons. The lowest BCUT2D eigenvalue weighted by atomic mass is 9.84. The molecule has 12 nitrogen and oxygen atoms in total. The van der Waals surface area contributed by atoms with Crippen LogP contribution in [0.3, 0.4) is 0 Å². The van der Waals surface area contributed by atoms with Crippen LogP contribution in [0.4, 0.5) is 11.4 Å². The SMILES string of the molecule is CN1C(=O)[C@]2(CC3CN([C@]45C[C@@]67SS[C@@](CO)(C(=O)N6[C@H]4Nc4ccccc45)N(C)C7=O)c4ccccc43)SS[C@@]1(CO)C(=O)N2C. The van der Waals surface area contributed by atoms with Crippen LogP contribution in [0.15, 0.2) is 48.5 Å². The van der Waals surface area contributed by atoms with Gasteiger partial charge < -0.3 is 35.1 Å². The number of likely N-dealkylation sites (N-methyl/N-ethyl adjacent to an activating group) is 3. The number of benzene rings is 2. The number of carbonyl (C=O) groups is 4. The van der Waals surface area contributed by atoms with Crippen molar-refractivity contribution in [3.05, 3.63) is 59.7 Å². The summed E-state index contributed by atoms with van der Waals surface area (Å²) in [6.45, 7) is -0.487. The Morgan fingerprint density at radius 2 is 1.36 bits per heavy atom. The Kier molecular flexibility index (Phi) is 6.11. The van der Waals surface area contributed by atoms with E-state index in [1.165, 1.54) is 57.9 Å². The van der Waals surface area contributed by atoms with Crippen LogP contribution in [-0.4, -0.2) is 120 Å². The van der Waals surface area contributed by atoms with Crippen molar-refractivity contribution >= 4 is 78.2 Å². The van der Waals surface area contributed by atoms with E-state index in [2.05, 4.69) is 28.4 Å². The van der Waals surface area contributed by atoms with Gasteiger partial charge in [0.15, 0.2) is 9.74 Å². The quantitative estimate of drug-likeness (QED) is 0.391. The van der Waals surface area contributed by atoms with Gasteiger partial charge in [0.2, 0.25) is 9.74 Å². The van der Waals surface area contributed by atoms with E-state index < -0.39 is 44.4 Å². The summed E-state index contributed by atoms with van der Waals surface area (Å²) in [5, 5.41) is 24.4. The predicted octanol–water partition coefficient (Wildman–Crippen LogP) is 1.82. The molecule has 7 saturated heterocycles. The lowest BCUT2D eigenvalue weighted by molar-refractivity contribution is -0.166. The van der Waals surface area contributed by atoms with Crippen molar-refractivity contribution in [3.63, 3.8) is 0 Å². The summed E-state index contributed by atoms with van der Waals surface area (Å²) in [6, 6.07) is 16.0. The third-order valence-electron chi connectivity index (χ3n) is 11.5. The molecule has 2 aromatic carbocycles. The van der Waals surface area contributed by atoms with Crippen molar-refractivity contribution in [2.75, 3.05) is 51.1 Å². The number of nitrogens with one attached hydrogen (secondary N) is 1. The van der Waals surface area contributed by atoms with E-state index >= 15 is 0 Å². The van der Waals surface area contributed by atoms with Gasteiger partial charge in [0.25, 0.3) is 23.6 Å². The Morgan fingerprint density at radius 1 is 0.766 bits per heavy atom. The highest BCUT2D eigenvalue weighted by Crippen LogP contribution is 2.70. The number of carbonyl (C=O) groups excluding carboxylic acids is 4. The van der Waals surface area contributed by atoms with Gasteiger partial charge in [0.05, 0.1) is 13.2 Å². The molecule has 0 aromatic heterocycles. The number of aliphatic hydroxyl groups excluding tert-OH is 2. The van der Waals surface area contributed by atoms with Gasteiger partial charge in [-0.1, -0.05) is 58.0 Å². The Balaban J connectivity index is 1.18. The van der Waals surface area contributed by atoms with Crippen molar-refractivity contribution < 1.29 is 29.4 Å². The van der Waals surface area contributed by atoms with Crippen LogP contribution < -0.4 is 10.2 Å². The maximum Gasteiger partial charge on any atom is 0.265 e. The normalized spacial score (nSPS) is 39.5. The molecular formula is C31H32N6O6S4. The van der Waals surface area contributed by atoms with E-state index in [1.54, 1.807) is 26.0 Å². The fourth-order valence-electron chi connectivity index (χ4n) is 8.97. The highest BCUT2D eigenvalue weighted by molar-refractivity contribution is 8.78. The van der Waals surface area contributed by atoms with E-state index in [0.29, 0.717) is 19.4 Å². The first-order valence-corrected chi connectivity index (χ1v) is 19.7. The summed E-state index contributed by atoms with van der Waals surface area (Å²) in [5.41, 5.74) is 2.99. The minimum absolute atomic E-state index is 0.180. The number of piperazine rings is 2. The Labute approximate surface area is 286 Å². The van der Waals surface area contributed by atoms with Crippen molar-refractivity contribution in [1.29, 1.82) is 0 Å². The van der Waals surface area contributed by atoms with Gasteiger partial charge in [0, 0.05) is 57.0 Å². The number of hydrogen-bond acceptors (Lipinski definition) is 12. The third kappa shape index (κ3) is 3.17. The molecule has 11 rings (SSSR count). The molecule has 7 fully saturated rings. The molecule has 7 atom stereocenters. The zero-order valence-electron chi connectivity index (χ0n) is 25.7. The van der Waals surface area contributed by atoms with Gasteiger partial charge in [-0.15, -0.1) is 0 Å². The summed E-state index contributed by atoms with van der Waals surface area (Å²) in [5.74, 6) is -1.18. The zero-order valence-corrected chi connectivity index (χ0v) is 29.0. The molecule has 1 unspecified atom stereocenters. The number of hydrogen-bond donors (Lipinski definition) is 3. The second-order valence-electron chi connectivity index (χ2n) is 13.3. The summed E-state index contributed by atoms with van der Waals surface area (Å²) in [4.78, 5) is 59.7. The van der Waals surface area contributed by atoms with E-state index in [-0.39, 0.29) is 29.5 Å². The minimum Gasteiger partial charge on any atom is -0.392 e. The average molecular weight is 713 g/mol. The van der Waals surface area contributed by atoms with Crippen LogP contribution in [0.1, 0.15) is 29.9 Å². The van der Waals surface area contributed by atoms with Crippen molar-refractivity contribution in [2.45, 2.75) is 49.9 Å². The van der Waals surface area contributed by atoms with Crippen LogP contribution in [0.2, 0.25) is 0 Å². The number of aliphatic hydroxyl groups is 2. The van der Waals surface area contributed by atoms with Crippen LogP contribution in [0.5, 0.6) is 0 Å². The molecule has 246 valence electrons. The first-order chi connectivity index (χ1) is 22.5. The second kappa shape index (κ2) is 9.47. The largest absolute Gasteiger partial charge is 0.392 e. The van der Waals surface area contributed by atoms with Crippen LogP contribution in [-0.2, 0) is 24.7 Å². The number of rotatable bonds is 5. The number of anilines is 2. The first kappa shape index (κ1) is 30.3. The van der Waals surface area contributed by atoms with E-state index in [4.69, 9.17) is 0 Å². The predicted molar refractivity (Wildman–Crippen MR) is 182 cm³/mol. The summed E-state index contributed by atoms with van der Waals surface area (Å²) < 4.78 is 0. The van der Waals surface area contributed by atoms with E-state index in [0.717, 1.165) is 22.5 Å². The molecule has 4 bridgehead atoms. The topological polar surface area (TPSA) is 137 Å². The van der Waals surface area contributed by atoms with Crippen molar-refractivity contribution in [2.24, 2.45) is 0 Å². The van der Waals surface area contributed by atoms with Gasteiger partial charge >= 0.3 is 0 Å². The number of fused-ring (bicyclic) bond motifs is 9. The van der Waals surface area contributed by atoms with Crippen molar-refractivity contribution in [3.8, 4) is 0 Å². The van der Waals surface area contributed by atoms with Crippen molar-refractivity contribution in [1.82, 2.24) is 19.6 Å². The summed E-state index contributed by atoms with van der Waals surface area (Å²) in [7, 11) is 10.1. The number of amides is 4. The molecule has 0 aliphatic carbocycles. The third-order valence-corrected chi connectivity index (χ3v) is 18.9. The molecule has 16 heteroatoms. The number of para-hydroxylation sites is 2. The summed E-state index contributed by atoms with van der Waals surface area (Å²) in [6.07, 6.45) is 0.0543. The average Bonchev–Trinajstić information content (AvgIpc) is 3.71. The lowest BCUT2D eigenvalue weighted by Crippen LogP contribution is -2.77. The fraction of sp³-hybridized carbons (Fsp3) is 0.484. The van der Waals surface area contributed by atoms with Gasteiger partial charge in [-0.25, -0.2) is 0 Å². The molecule has 9 heterocycles. The molecule has 9 aliphatic heterocycles. The van der Waals surface area contributed by atoms with Gasteiger partial charge in [-0.3, -0.25) is 24.1 Å². The first-order valence-electron chi connectivity index (χ1n) is 15.4. The zero-order chi connectivity index (χ0) is 32.9. The van der Waals surface area contributed by atoms with Gasteiger partial charge in [0.1, 0.15) is 11.7 Å². The molecule has 47 heavy (non-hydrogen) atoms. The fourth-order valence-corrected chi connectivity index (χ4v) is 16.3. The van der Waals surface area contributed by atoms with Crippen LogP contribution in [0, 0.1) is 0 Å². The molecule has 4 amide bonds. The van der Waals surface area contributed by atoms with Gasteiger partial charge in [-0.05, 0) is 45.7 Å². The van der Waals surface area contributed by atoms with Crippen LogP contribution in [0.25, 0.3) is 0 Å². The summed E-state index contributed by atoms with van der Waals surface area (Å²) >= 11 is 0. The van der Waals surface area contributed by atoms with E-state index in [9.17, 15) is 29.4 Å². The second-order valence-corrected chi connectivity index (χ2v) is 18.7. The molecule has 2 aromatic rings. The number of nitrogens with zero attached hydrogens (tertiary/aromatic N) is 5. The monoisotopic (exact) mass is 712 g/mol.